The summed E-state index contributed by atoms with van der Waals surface area (Å²) < 4.78 is 0.309. The zero-order chi connectivity index (χ0) is 11.0. The summed E-state index contributed by atoms with van der Waals surface area (Å²) >= 11 is 5.70. The van der Waals surface area contributed by atoms with E-state index in [1.54, 1.807) is 12.1 Å². The van der Waals surface area contributed by atoms with E-state index in [2.05, 4.69) is 4.98 Å². The number of aromatic nitrogens is 2. The lowest BCUT2D eigenvalue weighted by Crippen LogP contribution is -2.32. The Labute approximate surface area is 89.4 Å². The summed E-state index contributed by atoms with van der Waals surface area (Å²) in [7, 11) is 0. The summed E-state index contributed by atoms with van der Waals surface area (Å²) in [5.41, 5.74) is -0.00693. The Bertz CT molecular complexity index is 592. The predicted octanol–water partition coefficient (Wildman–Crippen LogP) is 1.10. The van der Waals surface area contributed by atoms with E-state index in [0.717, 1.165) is 0 Å². The average Bonchev–Trinajstić information content (AvgIpc) is 2.20. The number of aromatic hydroxyl groups is 1. The van der Waals surface area contributed by atoms with Crippen molar-refractivity contribution in [1.82, 2.24) is 4.98 Å². The molecule has 0 atom stereocenters. The van der Waals surface area contributed by atoms with Gasteiger partial charge in [-0.15, -0.1) is 4.73 Å². The highest BCUT2D eigenvalue weighted by Crippen LogP contribution is 2.18. The molecule has 1 aromatic heterocycles. The van der Waals surface area contributed by atoms with Gasteiger partial charge in [0.05, 0.1) is 0 Å². The van der Waals surface area contributed by atoms with Gasteiger partial charge in [-0.25, -0.2) is 4.98 Å². The Balaban J connectivity index is 2.94. The first kappa shape index (κ1) is 9.49. The molecule has 0 bridgehead atoms. The molecule has 1 heterocycles. The molecule has 2 rings (SSSR count). The van der Waals surface area contributed by atoms with Gasteiger partial charge in [0.15, 0.2) is 6.07 Å². The molecule has 0 saturated heterocycles. The first-order valence-electron chi connectivity index (χ1n) is 3.95. The van der Waals surface area contributed by atoms with E-state index in [0.29, 0.717) is 9.75 Å². The van der Waals surface area contributed by atoms with Gasteiger partial charge in [-0.05, 0) is 12.1 Å². The van der Waals surface area contributed by atoms with Gasteiger partial charge in [-0.3, -0.25) is 0 Å². The third-order valence-electron chi connectivity index (χ3n) is 1.90. The zero-order valence-corrected chi connectivity index (χ0v) is 8.06. The van der Waals surface area contributed by atoms with Gasteiger partial charge < -0.3 is 10.3 Å². The van der Waals surface area contributed by atoms with E-state index >= 15 is 0 Å². The molecule has 0 spiro atoms. The standard InChI is InChI=1S/C9H4ClN3O2/c10-5-1-2-6-7(3-5)13(15)8(4-11)9(14)12-6/h1-3H,(H,12,14). The molecule has 5 nitrogen and oxygen atoms in total. The van der Waals surface area contributed by atoms with Crippen LogP contribution in [0, 0.1) is 16.5 Å². The minimum atomic E-state index is -0.581. The van der Waals surface area contributed by atoms with E-state index in [9.17, 15) is 10.3 Å². The van der Waals surface area contributed by atoms with Crippen molar-refractivity contribution < 1.29 is 9.84 Å². The number of nitrogens with zero attached hydrogens (tertiary/aromatic N) is 3. The van der Waals surface area contributed by atoms with Crippen molar-refractivity contribution in [3.8, 4) is 11.9 Å². The second-order valence-corrected chi connectivity index (χ2v) is 3.26. The van der Waals surface area contributed by atoms with Gasteiger partial charge in [0, 0.05) is 11.1 Å². The third kappa shape index (κ3) is 1.41. The smallest absolute Gasteiger partial charge is 0.357 e. The lowest BCUT2D eigenvalue weighted by molar-refractivity contribution is -0.580. The first-order valence-corrected chi connectivity index (χ1v) is 4.33. The molecule has 0 aliphatic carbocycles. The zero-order valence-electron chi connectivity index (χ0n) is 7.31. The fourth-order valence-electron chi connectivity index (χ4n) is 1.23. The number of nitriles is 1. The van der Waals surface area contributed by atoms with E-state index in [4.69, 9.17) is 16.9 Å². The van der Waals surface area contributed by atoms with Crippen LogP contribution in [0.25, 0.3) is 11.0 Å². The van der Waals surface area contributed by atoms with Gasteiger partial charge in [0.2, 0.25) is 5.52 Å². The minimum absolute atomic E-state index is 0.150. The summed E-state index contributed by atoms with van der Waals surface area (Å²) in [5.74, 6) is -0.581. The van der Waals surface area contributed by atoms with Crippen molar-refractivity contribution in [2.75, 3.05) is 0 Å². The number of benzene rings is 1. The molecule has 6 heteroatoms. The summed E-state index contributed by atoms with van der Waals surface area (Å²) in [6.07, 6.45) is 0. The van der Waals surface area contributed by atoms with E-state index in [1.807, 2.05) is 0 Å². The normalized spacial score (nSPS) is 10.1. The van der Waals surface area contributed by atoms with Crippen molar-refractivity contribution in [3.63, 3.8) is 0 Å². The Morgan fingerprint density at radius 2 is 2.27 bits per heavy atom. The molecule has 0 aliphatic rings. The highest BCUT2D eigenvalue weighted by molar-refractivity contribution is 6.31. The van der Waals surface area contributed by atoms with E-state index in [1.165, 1.54) is 12.1 Å². The van der Waals surface area contributed by atoms with Crippen LogP contribution in [0.2, 0.25) is 5.02 Å². The van der Waals surface area contributed by atoms with Gasteiger partial charge in [-0.2, -0.15) is 5.26 Å². The van der Waals surface area contributed by atoms with Crippen LogP contribution in [0.4, 0.5) is 0 Å². The molecule has 74 valence electrons. The van der Waals surface area contributed by atoms with Crippen LogP contribution in [0.5, 0.6) is 5.88 Å². The third-order valence-corrected chi connectivity index (χ3v) is 2.14. The minimum Gasteiger partial charge on any atom is -0.617 e. The molecule has 2 aromatic rings. The van der Waals surface area contributed by atoms with Crippen LogP contribution in [-0.2, 0) is 0 Å². The molecule has 0 unspecified atom stereocenters. The lowest BCUT2D eigenvalue weighted by Gasteiger charge is -2.03. The maximum Gasteiger partial charge on any atom is 0.357 e. The summed E-state index contributed by atoms with van der Waals surface area (Å²) in [5, 5.41) is 29.8. The van der Waals surface area contributed by atoms with Gasteiger partial charge in [0.25, 0.3) is 5.88 Å². The summed E-state index contributed by atoms with van der Waals surface area (Å²) in [4.78, 5) is 3.70. The molecular weight excluding hydrogens is 218 g/mol. The SMILES string of the molecule is N#Cc1c(O)nc2ccc(Cl)cc2[n+]1[O-]. The van der Waals surface area contributed by atoms with Crippen molar-refractivity contribution >= 4 is 22.6 Å². The highest BCUT2D eigenvalue weighted by atomic mass is 35.5. The van der Waals surface area contributed by atoms with E-state index in [-0.39, 0.29) is 11.0 Å². The van der Waals surface area contributed by atoms with Crippen molar-refractivity contribution in [2.45, 2.75) is 0 Å². The fourth-order valence-corrected chi connectivity index (χ4v) is 1.39. The molecule has 1 N–H and O–H groups in total. The van der Waals surface area contributed by atoms with Gasteiger partial charge in [-0.1, -0.05) is 11.6 Å². The summed E-state index contributed by atoms with van der Waals surface area (Å²) in [6, 6.07) is 5.99. The van der Waals surface area contributed by atoms with Crippen LogP contribution in [-0.4, -0.2) is 10.1 Å². The number of hydrogen-bond acceptors (Lipinski definition) is 4. The highest BCUT2D eigenvalue weighted by Gasteiger charge is 2.18. The Kier molecular flexibility index (Phi) is 2.06. The summed E-state index contributed by atoms with van der Waals surface area (Å²) in [6.45, 7) is 0. The molecule has 0 amide bonds. The quantitative estimate of drug-likeness (QED) is 0.533. The van der Waals surface area contributed by atoms with Crippen LogP contribution < -0.4 is 4.73 Å². The number of halogens is 1. The Morgan fingerprint density at radius 1 is 1.53 bits per heavy atom. The largest absolute Gasteiger partial charge is 0.617 e. The van der Waals surface area contributed by atoms with Gasteiger partial charge >= 0.3 is 5.69 Å². The molecule has 15 heavy (non-hydrogen) atoms. The molecule has 0 aliphatic heterocycles. The average molecular weight is 222 g/mol. The van der Waals surface area contributed by atoms with Crippen molar-refractivity contribution in [3.05, 3.63) is 34.1 Å². The maximum atomic E-state index is 11.6. The lowest BCUT2D eigenvalue weighted by atomic mass is 10.3. The second kappa shape index (κ2) is 3.26. The molecule has 1 aromatic carbocycles. The Hall–Kier alpha value is -2.06. The van der Waals surface area contributed by atoms with Crippen LogP contribution in [0.15, 0.2) is 18.2 Å². The molecule has 0 radical (unpaired) electrons. The number of hydrogen-bond donors (Lipinski definition) is 1. The van der Waals surface area contributed by atoms with Crippen molar-refractivity contribution in [1.29, 1.82) is 5.26 Å². The molecular formula is C9H4ClN3O2. The van der Waals surface area contributed by atoms with Crippen LogP contribution in [0.3, 0.4) is 0 Å². The van der Waals surface area contributed by atoms with Crippen molar-refractivity contribution in [2.24, 2.45) is 0 Å². The number of rotatable bonds is 0. The Morgan fingerprint density at radius 3 is 2.93 bits per heavy atom. The first-order chi connectivity index (χ1) is 7.13. The topological polar surface area (TPSA) is 83.8 Å². The number of fused-ring (bicyclic) bond motifs is 1. The van der Waals surface area contributed by atoms with Gasteiger partial charge in [0.1, 0.15) is 5.52 Å². The van der Waals surface area contributed by atoms with E-state index < -0.39 is 11.6 Å². The maximum absolute atomic E-state index is 11.6. The molecule has 0 saturated carbocycles. The second-order valence-electron chi connectivity index (χ2n) is 2.82. The fraction of sp³-hybridized carbons (Fsp3) is 0. The predicted molar refractivity (Wildman–Crippen MR) is 52.1 cm³/mol. The van der Waals surface area contributed by atoms with Crippen LogP contribution in [0.1, 0.15) is 5.69 Å². The monoisotopic (exact) mass is 221 g/mol. The van der Waals surface area contributed by atoms with Crippen LogP contribution >= 0.6 is 11.6 Å². The molecule has 0 fully saturated rings.